The molecule has 1 saturated heterocycles. The van der Waals surface area contributed by atoms with Gasteiger partial charge in [0.15, 0.2) is 0 Å². The summed E-state index contributed by atoms with van der Waals surface area (Å²) in [6.45, 7) is 7.62. The Morgan fingerprint density at radius 1 is 1.38 bits per heavy atom. The van der Waals surface area contributed by atoms with Gasteiger partial charge in [-0.1, -0.05) is 0 Å². The lowest BCUT2D eigenvalue weighted by atomic mass is 10.3. The first-order chi connectivity index (χ1) is 11.5. The Bertz CT molecular complexity index is 774. The number of H-pyrrole nitrogens is 1. The molecular formula is C14H21N5O3S2. The van der Waals surface area contributed by atoms with Gasteiger partial charge in [0.25, 0.3) is 0 Å². The second-order valence-electron chi connectivity index (χ2n) is 5.71. The fourth-order valence-corrected chi connectivity index (χ4v) is 4.83. The molecule has 0 aliphatic carbocycles. The summed E-state index contributed by atoms with van der Waals surface area (Å²) in [6, 6.07) is 0. The zero-order valence-corrected chi connectivity index (χ0v) is 15.3. The van der Waals surface area contributed by atoms with Crippen LogP contribution >= 0.6 is 11.3 Å². The van der Waals surface area contributed by atoms with E-state index in [-0.39, 0.29) is 11.4 Å². The first-order valence-electron chi connectivity index (χ1n) is 7.70. The number of ether oxygens (including phenoxy) is 1. The van der Waals surface area contributed by atoms with Crippen molar-refractivity contribution in [2.75, 3.05) is 26.3 Å². The van der Waals surface area contributed by atoms with Crippen molar-refractivity contribution in [1.29, 1.82) is 0 Å². The Morgan fingerprint density at radius 3 is 2.79 bits per heavy atom. The van der Waals surface area contributed by atoms with E-state index in [1.165, 1.54) is 11.3 Å². The summed E-state index contributed by atoms with van der Waals surface area (Å²) in [5, 5.41) is 9.36. The summed E-state index contributed by atoms with van der Waals surface area (Å²) in [6.07, 6.45) is 0. The van der Waals surface area contributed by atoms with Crippen LogP contribution in [0, 0.1) is 13.8 Å². The molecule has 0 unspecified atom stereocenters. The highest BCUT2D eigenvalue weighted by Crippen LogP contribution is 2.18. The molecule has 3 heterocycles. The Labute approximate surface area is 145 Å². The fourth-order valence-electron chi connectivity index (χ4n) is 2.66. The molecule has 0 atom stereocenters. The number of morpholine rings is 1. The van der Waals surface area contributed by atoms with E-state index in [4.69, 9.17) is 4.74 Å². The Hall–Kier alpha value is -1.33. The lowest BCUT2D eigenvalue weighted by molar-refractivity contribution is 0.0337. The molecule has 1 fully saturated rings. The first-order valence-corrected chi connectivity index (χ1v) is 10.1. The molecular weight excluding hydrogens is 350 g/mol. The number of hydrogen-bond donors (Lipinski definition) is 2. The van der Waals surface area contributed by atoms with Crippen molar-refractivity contribution < 1.29 is 13.2 Å². The van der Waals surface area contributed by atoms with Gasteiger partial charge in [-0.05, 0) is 13.8 Å². The number of hydrogen-bond acceptors (Lipinski definition) is 7. The minimum absolute atomic E-state index is 0.181. The number of aromatic amines is 1. The first kappa shape index (κ1) is 17.5. The third-order valence-corrected chi connectivity index (χ3v) is 6.39. The predicted octanol–water partition coefficient (Wildman–Crippen LogP) is 0.794. The second kappa shape index (κ2) is 7.28. The second-order valence-corrected chi connectivity index (χ2v) is 8.36. The largest absolute Gasteiger partial charge is 0.379 e. The predicted molar refractivity (Wildman–Crippen MR) is 90.3 cm³/mol. The van der Waals surface area contributed by atoms with Gasteiger partial charge < -0.3 is 4.74 Å². The number of sulfonamides is 1. The monoisotopic (exact) mass is 371 g/mol. The van der Waals surface area contributed by atoms with Crippen LogP contribution in [-0.2, 0) is 27.8 Å². The van der Waals surface area contributed by atoms with E-state index in [0.717, 1.165) is 43.5 Å². The van der Waals surface area contributed by atoms with E-state index in [1.807, 2.05) is 5.38 Å². The maximum atomic E-state index is 12.4. The molecule has 2 aromatic heterocycles. The van der Waals surface area contributed by atoms with Crippen LogP contribution in [0.1, 0.15) is 22.1 Å². The zero-order chi connectivity index (χ0) is 17.2. The quantitative estimate of drug-likeness (QED) is 0.779. The number of nitrogens with one attached hydrogen (secondary N) is 2. The maximum absolute atomic E-state index is 12.4. The zero-order valence-electron chi connectivity index (χ0n) is 13.7. The van der Waals surface area contributed by atoms with E-state index in [2.05, 4.69) is 24.8 Å². The number of aromatic nitrogens is 3. The van der Waals surface area contributed by atoms with Crippen molar-refractivity contribution in [3.63, 3.8) is 0 Å². The highest BCUT2D eigenvalue weighted by Gasteiger charge is 2.22. The van der Waals surface area contributed by atoms with Crippen LogP contribution in [0.15, 0.2) is 10.3 Å². The van der Waals surface area contributed by atoms with Crippen LogP contribution in [-0.4, -0.2) is 54.8 Å². The molecule has 24 heavy (non-hydrogen) atoms. The Kier molecular flexibility index (Phi) is 5.30. The summed E-state index contributed by atoms with van der Waals surface area (Å²) in [5.74, 6) is 0. The number of nitrogens with zero attached hydrogens (tertiary/aromatic N) is 3. The maximum Gasteiger partial charge on any atom is 0.244 e. The van der Waals surface area contributed by atoms with Crippen LogP contribution in [0.5, 0.6) is 0 Å². The van der Waals surface area contributed by atoms with E-state index in [1.54, 1.807) is 13.8 Å². The van der Waals surface area contributed by atoms with E-state index in [0.29, 0.717) is 11.4 Å². The molecule has 2 aromatic rings. The molecule has 1 aliphatic rings. The van der Waals surface area contributed by atoms with Crippen molar-refractivity contribution >= 4 is 21.4 Å². The SMILES string of the molecule is Cc1n[nH]c(C)c1S(=O)(=O)NCc1nc(CN2CCOCC2)cs1. The molecule has 8 nitrogen and oxygen atoms in total. The number of aryl methyl sites for hydroxylation is 2. The highest BCUT2D eigenvalue weighted by molar-refractivity contribution is 7.89. The summed E-state index contributed by atoms with van der Waals surface area (Å²) in [7, 11) is -3.60. The molecule has 2 N–H and O–H groups in total. The van der Waals surface area contributed by atoms with Gasteiger partial charge in [-0.25, -0.2) is 18.1 Å². The number of thiazole rings is 1. The van der Waals surface area contributed by atoms with Crippen LogP contribution in [0.2, 0.25) is 0 Å². The van der Waals surface area contributed by atoms with Crippen LogP contribution in [0.4, 0.5) is 0 Å². The minimum atomic E-state index is -3.60. The molecule has 0 saturated carbocycles. The number of rotatable bonds is 6. The van der Waals surface area contributed by atoms with Crippen LogP contribution < -0.4 is 4.72 Å². The molecule has 0 amide bonds. The van der Waals surface area contributed by atoms with Gasteiger partial charge in [0.1, 0.15) is 9.90 Å². The standard InChI is InChI=1S/C14H21N5O3S2/c1-10-14(11(2)18-17-10)24(20,21)15-7-13-16-12(9-23-13)8-19-3-5-22-6-4-19/h9,15H,3-8H2,1-2H3,(H,17,18). The Balaban J connectivity index is 1.61. The summed E-state index contributed by atoms with van der Waals surface area (Å²) in [4.78, 5) is 7.02. The van der Waals surface area contributed by atoms with Gasteiger partial charge in [0.05, 0.1) is 36.8 Å². The van der Waals surface area contributed by atoms with Gasteiger partial charge >= 0.3 is 0 Å². The van der Waals surface area contributed by atoms with Crippen molar-refractivity contribution in [1.82, 2.24) is 24.8 Å². The molecule has 0 aromatic carbocycles. The van der Waals surface area contributed by atoms with Gasteiger partial charge in [0.2, 0.25) is 10.0 Å². The van der Waals surface area contributed by atoms with Crippen LogP contribution in [0.25, 0.3) is 0 Å². The topological polar surface area (TPSA) is 100 Å². The van der Waals surface area contributed by atoms with Gasteiger partial charge in [-0.2, -0.15) is 5.10 Å². The van der Waals surface area contributed by atoms with Crippen molar-refractivity contribution in [2.45, 2.75) is 31.8 Å². The minimum Gasteiger partial charge on any atom is -0.379 e. The lowest BCUT2D eigenvalue weighted by Crippen LogP contribution is -2.35. The molecule has 0 bridgehead atoms. The molecule has 1 aliphatic heterocycles. The van der Waals surface area contributed by atoms with Crippen molar-refractivity contribution in [3.05, 3.63) is 27.5 Å². The van der Waals surface area contributed by atoms with Gasteiger partial charge in [-0.3, -0.25) is 10.00 Å². The van der Waals surface area contributed by atoms with Gasteiger partial charge in [0, 0.05) is 25.0 Å². The third kappa shape index (κ3) is 4.01. The third-order valence-electron chi connectivity index (χ3n) is 3.83. The summed E-state index contributed by atoms with van der Waals surface area (Å²) in [5.41, 5.74) is 1.96. The molecule has 0 radical (unpaired) electrons. The van der Waals surface area contributed by atoms with E-state index < -0.39 is 10.0 Å². The smallest absolute Gasteiger partial charge is 0.244 e. The van der Waals surface area contributed by atoms with Crippen molar-refractivity contribution in [3.8, 4) is 0 Å². The lowest BCUT2D eigenvalue weighted by Gasteiger charge is -2.25. The van der Waals surface area contributed by atoms with E-state index >= 15 is 0 Å². The molecule has 0 spiro atoms. The summed E-state index contributed by atoms with van der Waals surface area (Å²) >= 11 is 1.47. The average Bonchev–Trinajstić information content (AvgIpc) is 3.13. The van der Waals surface area contributed by atoms with Crippen molar-refractivity contribution in [2.24, 2.45) is 0 Å². The van der Waals surface area contributed by atoms with E-state index in [9.17, 15) is 8.42 Å². The summed E-state index contributed by atoms with van der Waals surface area (Å²) < 4.78 is 32.8. The Morgan fingerprint density at radius 2 is 2.12 bits per heavy atom. The van der Waals surface area contributed by atoms with Crippen LogP contribution in [0.3, 0.4) is 0 Å². The molecule has 3 rings (SSSR count). The fraction of sp³-hybridized carbons (Fsp3) is 0.571. The average molecular weight is 371 g/mol. The highest BCUT2D eigenvalue weighted by atomic mass is 32.2. The van der Waals surface area contributed by atoms with Gasteiger partial charge in [-0.15, -0.1) is 11.3 Å². The molecule has 132 valence electrons. The normalized spacial score (nSPS) is 16.6. The molecule has 10 heteroatoms.